The fraction of sp³-hybridized carbons (Fsp3) is 0.333. The van der Waals surface area contributed by atoms with Crippen LogP contribution in [0.25, 0.3) is 0 Å². The number of fused-ring (bicyclic) bond motifs is 1. The largest absolute Gasteiger partial charge is 0.488 e. The molecule has 1 aliphatic rings. The van der Waals surface area contributed by atoms with E-state index in [0.717, 1.165) is 23.2 Å². The van der Waals surface area contributed by atoms with E-state index < -0.39 is 0 Å². The molecule has 1 aliphatic heterocycles. The van der Waals surface area contributed by atoms with Crippen LogP contribution in [-0.4, -0.2) is 12.6 Å². The minimum Gasteiger partial charge on any atom is -0.488 e. The van der Waals surface area contributed by atoms with E-state index in [1.165, 1.54) is 10.4 Å². The quantitative estimate of drug-likeness (QED) is 0.904. The molecule has 0 amide bonds. The molecule has 100 valence electrons. The first-order valence-corrected chi connectivity index (χ1v) is 8.11. The first kappa shape index (κ1) is 13.2. The standard InChI is InChI=1S/C15H16BrNOS/c1-10(15-3-2-6-19-15)17-9-13-8-11-7-12(16)4-5-14(11)18-13/h2-7,10,13,17H,8-9H2,1H3/t10-,13?/m0/s1. The Morgan fingerprint density at radius 2 is 2.37 bits per heavy atom. The lowest BCUT2D eigenvalue weighted by Gasteiger charge is -2.16. The van der Waals surface area contributed by atoms with Crippen LogP contribution in [0.1, 0.15) is 23.4 Å². The summed E-state index contributed by atoms with van der Waals surface area (Å²) < 4.78 is 7.07. The number of halogens is 1. The summed E-state index contributed by atoms with van der Waals surface area (Å²) in [7, 11) is 0. The fourth-order valence-corrected chi connectivity index (χ4v) is 3.52. The molecular weight excluding hydrogens is 322 g/mol. The number of thiophene rings is 1. The van der Waals surface area contributed by atoms with Crippen LogP contribution in [0.4, 0.5) is 0 Å². The lowest BCUT2D eigenvalue weighted by atomic mass is 10.1. The molecule has 4 heteroatoms. The highest BCUT2D eigenvalue weighted by Gasteiger charge is 2.23. The Balaban J connectivity index is 1.56. The van der Waals surface area contributed by atoms with Gasteiger partial charge in [0.25, 0.3) is 0 Å². The van der Waals surface area contributed by atoms with Gasteiger partial charge in [0.05, 0.1) is 0 Å². The Hall–Kier alpha value is -0.840. The molecule has 1 aromatic carbocycles. The molecular formula is C15H16BrNOS. The Kier molecular flexibility index (Phi) is 3.91. The van der Waals surface area contributed by atoms with E-state index in [9.17, 15) is 0 Å². The van der Waals surface area contributed by atoms with Crippen molar-refractivity contribution in [1.29, 1.82) is 0 Å². The third-order valence-corrected chi connectivity index (χ3v) is 4.93. The van der Waals surface area contributed by atoms with Crippen molar-refractivity contribution in [1.82, 2.24) is 5.32 Å². The molecule has 0 spiro atoms. The van der Waals surface area contributed by atoms with Gasteiger partial charge >= 0.3 is 0 Å². The van der Waals surface area contributed by atoms with Gasteiger partial charge in [-0.15, -0.1) is 11.3 Å². The average molecular weight is 338 g/mol. The third kappa shape index (κ3) is 3.02. The van der Waals surface area contributed by atoms with E-state index in [1.54, 1.807) is 11.3 Å². The van der Waals surface area contributed by atoms with Crippen LogP contribution >= 0.6 is 27.3 Å². The molecule has 0 saturated heterocycles. The van der Waals surface area contributed by atoms with Gasteiger partial charge in [0.15, 0.2) is 0 Å². The van der Waals surface area contributed by atoms with Crippen molar-refractivity contribution in [3.63, 3.8) is 0 Å². The molecule has 1 unspecified atom stereocenters. The minimum absolute atomic E-state index is 0.242. The molecule has 1 aromatic heterocycles. The first-order chi connectivity index (χ1) is 9.22. The summed E-state index contributed by atoms with van der Waals surface area (Å²) in [5.41, 5.74) is 1.30. The van der Waals surface area contributed by atoms with Crippen LogP contribution in [0.5, 0.6) is 5.75 Å². The molecule has 3 rings (SSSR count). The maximum Gasteiger partial charge on any atom is 0.123 e. The molecule has 0 saturated carbocycles. The molecule has 19 heavy (non-hydrogen) atoms. The third-order valence-electron chi connectivity index (χ3n) is 3.39. The summed E-state index contributed by atoms with van der Waals surface area (Å²) in [6.45, 7) is 3.08. The van der Waals surface area contributed by atoms with Crippen LogP contribution in [0, 0.1) is 0 Å². The van der Waals surface area contributed by atoms with E-state index in [2.05, 4.69) is 51.7 Å². The Morgan fingerprint density at radius 3 is 3.16 bits per heavy atom. The SMILES string of the molecule is C[C@H](NCC1Cc2cc(Br)ccc2O1)c1cccs1. The number of rotatable bonds is 4. The number of benzene rings is 1. The Bertz CT molecular complexity index is 555. The summed E-state index contributed by atoms with van der Waals surface area (Å²) in [5.74, 6) is 1.03. The summed E-state index contributed by atoms with van der Waals surface area (Å²) in [6.07, 6.45) is 1.23. The van der Waals surface area contributed by atoms with Crippen LogP contribution < -0.4 is 10.1 Å². The zero-order valence-electron chi connectivity index (χ0n) is 10.7. The van der Waals surface area contributed by atoms with E-state index in [-0.39, 0.29) is 6.10 Å². The molecule has 2 heterocycles. The van der Waals surface area contributed by atoms with Crippen molar-refractivity contribution in [2.24, 2.45) is 0 Å². The van der Waals surface area contributed by atoms with Gasteiger partial charge in [-0.05, 0) is 42.1 Å². The fourth-order valence-electron chi connectivity index (χ4n) is 2.35. The lowest BCUT2D eigenvalue weighted by molar-refractivity contribution is 0.223. The van der Waals surface area contributed by atoms with E-state index in [0.29, 0.717) is 6.04 Å². The van der Waals surface area contributed by atoms with Gasteiger partial charge in [0, 0.05) is 28.4 Å². The average Bonchev–Trinajstić information content (AvgIpc) is 3.04. The van der Waals surface area contributed by atoms with Crippen molar-refractivity contribution in [3.05, 3.63) is 50.6 Å². The summed E-state index contributed by atoms with van der Waals surface area (Å²) >= 11 is 5.30. The molecule has 0 bridgehead atoms. The van der Waals surface area contributed by atoms with Crippen molar-refractivity contribution in [2.45, 2.75) is 25.5 Å². The number of nitrogens with one attached hydrogen (secondary N) is 1. The van der Waals surface area contributed by atoms with E-state index >= 15 is 0 Å². The molecule has 2 atom stereocenters. The van der Waals surface area contributed by atoms with Gasteiger partial charge in [-0.1, -0.05) is 22.0 Å². The normalized spacial score (nSPS) is 18.9. The van der Waals surface area contributed by atoms with Crippen molar-refractivity contribution in [2.75, 3.05) is 6.54 Å². The predicted octanol–water partition coefficient (Wildman–Crippen LogP) is 4.16. The molecule has 0 fully saturated rings. The Morgan fingerprint density at radius 1 is 1.47 bits per heavy atom. The highest BCUT2D eigenvalue weighted by molar-refractivity contribution is 9.10. The van der Waals surface area contributed by atoms with Crippen LogP contribution in [0.15, 0.2) is 40.2 Å². The topological polar surface area (TPSA) is 21.3 Å². The highest BCUT2D eigenvalue weighted by Crippen LogP contribution is 2.31. The first-order valence-electron chi connectivity index (χ1n) is 6.44. The predicted molar refractivity (Wildman–Crippen MR) is 83.0 cm³/mol. The molecule has 0 radical (unpaired) electrons. The van der Waals surface area contributed by atoms with Gasteiger partial charge in [-0.3, -0.25) is 0 Å². The molecule has 2 nitrogen and oxygen atoms in total. The summed E-state index contributed by atoms with van der Waals surface area (Å²) in [4.78, 5) is 1.37. The smallest absolute Gasteiger partial charge is 0.123 e. The molecule has 0 aliphatic carbocycles. The number of ether oxygens (including phenoxy) is 1. The van der Waals surface area contributed by atoms with Gasteiger partial charge in [0.2, 0.25) is 0 Å². The van der Waals surface area contributed by atoms with E-state index in [4.69, 9.17) is 4.74 Å². The van der Waals surface area contributed by atoms with Crippen LogP contribution in [0.3, 0.4) is 0 Å². The van der Waals surface area contributed by atoms with Gasteiger partial charge in [0.1, 0.15) is 11.9 Å². The molecule has 1 N–H and O–H groups in total. The maximum atomic E-state index is 5.95. The second-order valence-corrected chi connectivity index (χ2v) is 6.74. The maximum absolute atomic E-state index is 5.95. The van der Waals surface area contributed by atoms with Crippen molar-refractivity contribution < 1.29 is 4.74 Å². The van der Waals surface area contributed by atoms with Gasteiger partial charge in [-0.2, -0.15) is 0 Å². The lowest BCUT2D eigenvalue weighted by Crippen LogP contribution is -2.31. The monoisotopic (exact) mass is 337 g/mol. The zero-order chi connectivity index (χ0) is 13.2. The Labute approximate surface area is 125 Å². The highest BCUT2D eigenvalue weighted by atomic mass is 79.9. The zero-order valence-corrected chi connectivity index (χ0v) is 13.1. The van der Waals surface area contributed by atoms with Crippen LogP contribution in [-0.2, 0) is 6.42 Å². The van der Waals surface area contributed by atoms with Gasteiger partial charge < -0.3 is 10.1 Å². The second-order valence-electron chi connectivity index (χ2n) is 4.84. The summed E-state index contributed by atoms with van der Waals surface area (Å²) in [5, 5.41) is 5.67. The van der Waals surface area contributed by atoms with Crippen molar-refractivity contribution in [3.8, 4) is 5.75 Å². The minimum atomic E-state index is 0.242. The second kappa shape index (κ2) is 5.65. The van der Waals surface area contributed by atoms with Crippen molar-refractivity contribution >= 4 is 27.3 Å². The number of hydrogen-bond acceptors (Lipinski definition) is 3. The van der Waals surface area contributed by atoms with Crippen LogP contribution in [0.2, 0.25) is 0 Å². The number of hydrogen-bond donors (Lipinski definition) is 1. The molecule has 2 aromatic rings. The van der Waals surface area contributed by atoms with Gasteiger partial charge in [-0.25, -0.2) is 0 Å². The summed E-state index contributed by atoms with van der Waals surface area (Å²) in [6, 6.07) is 10.9. The van der Waals surface area contributed by atoms with E-state index in [1.807, 2.05) is 12.1 Å².